The van der Waals surface area contributed by atoms with E-state index in [4.69, 9.17) is 5.73 Å². The van der Waals surface area contributed by atoms with E-state index in [0.29, 0.717) is 19.1 Å². The van der Waals surface area contributed by atoms with Crippen LogP contribution in [0.15, 0.2) is 29.1 Å². The maximum atomic E-state index is 13.1. The van der Waals surface area contributed by atoms with Crippen molar-refractivity contribution in [1.82, 2.24) is 14.0 Å². The predicted molar refractivity (Wildman–Crippen MR) is 116 cm³/mol. The standard InChI is InChI=1S/C23H36N4O/c24-14-17-26-21-10-6-7-11-22(21)27(23(26)28)20-12-15-25(16-13-20)18-19-8-4-2-1-3-5-9-19/h6-7,10-11,19-20H,1-5,8-9,12-18,24H2. The fraction of sp³-hybridized carbons (Fsp3) is 0.696. The summed E-state index contributed by atoms with van der Waals surface area (Å²) >= 11 is 0. The zero-order chi connectivity index (χ0) is 19.3. The van der Waals surface area contributed by atoms with Gasteiger partial charge in [-0.1, -0.05) is 44.2 Å². The quantitative estimate of drug-likeness (QED) is 0.854. The molecule has 1 saturated carbocycles. The average Bonchev–Trinajstić information content (AvgIpc) is 2.97. The van der Waals surface area contributed by atoms with Crippen LogP contribution in [-0.4, -0.2) is 40.2 Å². The van der Waals surface area contributed by atoms with Gasteiger partial charge in [0.1, 0.15) is 0 Å². The Morgan fingerprint density at radius 2 is 1.54 bits per heavy atom. The molecule has 1 aliphatic heterocycles. The molecule has 5 heteroatoms. The van der Waals surface area contributed by atoms with Crippen molar-refractivity contribution in [2.75, 3.05) is 26.2 Å². The monoisotopic (exact) mass is 384 g/mol. The van der Waals surface area contributed by atoms with Gasteiger partial charge < -0.3 is 10.6 Å². The third-order valence-electron chi connectivity index (χ3n) is 6.89. The number of benzene rings is 1. The molecule has 0 atom stereocenters. The molecule has 154 valence electrons. The SMILES string of the molecule is NCCn1c(=O)n(C2CCN(CC3CCCCCCC3)CC2)c2ccccc21. The van der Waals surface area contributed by atoms with Crippen LogP contribution >= 0.6 is 0 Å². The Balaban J connectivity index is 1.44. The Bertz CT molecular complexity index is 808. The number of imidazole rings is 1. The van der Waals surface area contributed by atoms with Crippen molar-refractivity contribution in [1.29, 1.82) is 0 Å². The minimum absolute atomic E-state index is 0.116. The van der Waals surface area contributed by atoms with Gasteiger partial charge in [-0.25, -0.2) is 4.79 Å². The molecule has 2 heterocycles. The van der Waals surface area contributed by atoms with E-state index < -0.39 is 0 Å². The largest absolute Gasteiger partial charge is 0.329 e. The molecular weight excluding hydrogens is 348 g/mol. The lowest BCUT2D eigenvalue weighted by Crippen LogP contribution is -2.40. The van der Waals surface area contributed by atoms with Gasteiger partial charge in [-0.05, 0) is 43.7 Å². The molecule has 1 aromatic heterocycles. The van der Waals surface area contributed by atoms with Crippen LogP contribution in [-0.2, 0) is 6.54 Å². The minimum Gasteiger partial charge on any atom is -0.329 e. The van der Waals surface area contributed by atoms with Crippen molar-refractivity contribution in [2.24, 2.45) is 11.7 Å². The van der Waals surface area contributed by atoms with Gasteiger partial charge in [0.25, 0.3) is 0 Å². The summed E-state index contributed by atoms with van der Waals surface area (Å²) in [6, 6.07) is 8.49. The molecular formula is C23H36N4O. The van der Waals surface area contributed by atoms with Crippen molar-refractivity contribution in [3.05, 3.63) is 34.7 Å². The smallest absolute Gasteiger partial charge is 0.329 e. The molecule has 1 aliphatic carbocycles. The summed E-state index contributed by atoms with van der Waals surface area (Å²) in [5, 5.41) is 0. The molecule has 1 aromatic carbocycles. The lowest BCUT2D eigenvalue weighted by molar-refractivity contribution is 0.152. The van der Waals surface area contributed by atoms with Crippen molar-refractivity contribution in [3.8, 4) is 0 Å². The Kier molecular flexibility index (Phi) is 6.53. The molecule has 0 unspecified atom stereocenters. The van der Waals surface area contributed by atoms with Gasteiger partial charge in [0.15, 0.2) is 0 Å². The summed E-state index contributed by atoms with van der Waals surface area (Å²) in [7, 11) is 0. The van der Waals surface area contributed by atoms with E-state index in [1.165, 1.54) is 51.5 Å². The lowest BCUT2D eigenvalue weighted by Gasteiger charge is -2.35. The minimum atomic E-state index is 0.116. The second-order valence-electron chi connectivity index (χ2n) is 8.82. The molecule has 0 spiro atoms. The Hall–Kier alpha value is -1.59. The van der Waals surface area contributed by atoms with E-state index in [1.54, 1.807) is 0 Å². The highest BCUT2D eigenvalue weighted by Gasteiger charge is 2.26. The number of nitrogens with zero attached hydrogens (tertiary/aromatic N) is 3. The summed E-state index contributed by atoms with van der Waals surface area (Å²) in [5.41, 5.74) is 7.97. The summed E-state index contributed by atoms with van der Waals surface area (Å²) < 4.78 is 3.91. The van der Waals surface area contributed by atoms with Gasteiger partial charge in [0, 0.05) is 38.8 Å². The van der Waals surface area contributed by atoms with Crippen molar-refractivity contribution in [2.45, 2.75) is 70.4 Å². The molecule has 28 heavy (non-hydrogen) atoms. The Labute approximate surface area is 168 Å². The van der Waals surface area contributed by atoms with E-state index in [9.17, 15) is 4.79 Å². The van der Waals surface area contributed by atoms with Crippen LogP contribution in [0.3, 0.4) is 0 Å². The number of fused-ring (bicyclic) bond motifs is 1. The first-order valence-corrected chi connectivity index (χ1v) is 11.4. The van der Waals surface area contributed by atoms with Crippen LogP contribution in [0, 0.1) is 5.92 Å². The Morgan fingerprint density at radius 1 is 0.893 bits per heavy atom. The maximum Gasteiger partial charge on any atom is 0.329 e. The molecule has 2 aliphatic rings. The number of piperidine rings is 1. The number of nitrogens with two attached hydrogens (primary N) is 1. The number of hydrogen-bond donors (Lipinski definition) is 1. The van der Waals surface area contributed by atoms with Crippen molar-refractivity contribution >= 4 is 11.0 Å². The Morgan fingerprint density at radius 3 is 2.21 bits per heavy atom. The summed E-state index contributed by atoms with van der Waals surface area (Å²) in [4.78, 5) is 15.8. The molecule has 1 saturated heterocycles. The van der Waals surface area contributed by atoms with Gasteiger partial charge in [0.2, 0.25) is 0 Å². The van der Waals surface area contributed by atoms with E-state index >= 15 is 0 Å². The molecule has 2 aromatic rings. The number of para-hydroxylation sites is 2. The van der Waals surface area contributed by atoms with Gasteiger partial charge >= 0.3 is 5.69 Å². The number of hydrogen-bond acceptors (Lipinski definition) is 3. The van der Waals surface area contributed by atoms with E-state index in [-0.39, 0.29) is 5.69 Å². The number of likely N-dealkylation sites (tertiary alicyclic amines) is 1. The molecule has 2 fully saturated rings. The van der Waals surface area contributed by atoms with Crippen LogP contribution in [0.5, 0.6) is 0 Å². The molecule has 0 amide bonds. The van der Waals surface area contributed by atoms with Gasteiger partial charge in [-0.15, -0.1) is 0 Å². The number of aromatic nitrogens is 2. The van der Waals surface area contributed by atoms with Crippen LogP contribution < -0.4 is 11.4 Å². The summed E-state index contributed by atoms with van der Waals surface area (Å²) in [5.74, 6) is 0.881. The lowest BCUT2D eigenvalue weighted by atomic mass is 9.90. The first kappa shape index (κ1) is 19.7. The van der Waals surface area contributed by atoms with Gasteiger partial charge in [-0.2, -0.15) is 0 Å². The third-order valence-corrected chi connectivity index (χ3v) is 6.89. The zero-order valence-electron chi connectivity index (χ0n) is 17.2. The third kappa shape index (κ3) is 4.20. The second kappa shape index (κ2) is 9.27. The van der Waals surface area contributed by atoms with Crippen molar-refractivity contribution in [3.63, 3.8) is 0 Å². The van der Waals surface area contributed by atoms with Crippen LogP contribution in [0.25, 0.3) is 11.0 Å². The fourth-order valence-corrected chi connectivity index (χ4v) is 5.38. The molecule has 0 bridgehead atoms. The highest BCUT2D eigenvalue weighted by Crippen LogP contribution is 2.28. The highest BCUT2D eigenvalue weighted by molar-refractivity contribution is 5.76. The normalized spacial score (nSPS) is 21.0. The topological polar surface area (TPSA) is 56.2 Å². The van der Waals surface area contributed by atoms with Crippen LogP contribution in [0.1, 0.15) is 63.8 Å². The maximum absolute atomic E-state index is 13.1. The van der Waals surface area contributed by atoms with Gasteiger partial charge in [-0.3, -0.25) is 9.13 Å². The molecule has 4 rings (SSSR count). The number of rotatable bonds is 5. The van der Waals surface area contributed by atoms with E-state index in [1.807, 2.05) is 22.8 Å². The highest BCUT2D eigenvalue weighted by atomic mass is 16.1. The molecule has 0 radical (unpaired) electrons. The van der Waals surface area contributed by atoms with E-state index in [2.05, 4.69) is 15.5 Å². The molecule has 5 nitrogen and oxygen atoms in total. The van der Waals surface area contributed by atoms with Crippen molar-refractivity contribution < 1.29 is 0 Å². The first-order chi connectivity index (χ1) is 13.8. The predicted octanol–water partition coefficient (Wildman–Crippen LogP) is 3.76. The van der Waals surface area contributed by atoms with Crippen LogP contribution in [0.4, 0.5) is 0 Å². The summed E-state index contributed by atoms with van der Waals surface area (Å²) in [6.07, 6.45) is 12.1. The first-order valence-electron chi connectivity index (χ1n) is 11.4. The van der Waals surface area contributed by atoms with Crippen LogP contribution in [0.2, 0.25) is 0 Å². The zero-order valence-corrected chi connectivity index (χ0v) is 17.2. The van der Waals surface area contributed by atoms with Gasteiger partial charge in [0.05, 0.1) is 11.0 Å². The fourth-order valence-electron chi connectivity index (χ4n) is 5.38. The average molecular weight is 385 g/mol. The summed E-state index contributed by atoms with van der Waals surface area (Å²) in [6.45, 7) is 4.57. The molecule has 2 N–H and O–H groups in total. The van der Waals surface area contributed by atoms with E-state index in [0.717, 1.165) is 42.9 Å². The second-order valence-corrected chi connectivity index (χ2v) is 8.82.